The van der Waals surface area contributed by atoms with Gasteiger partial charge in [-0.1, -0.05) is 6.92 Å². The number of nitrogens with two attached hydrogens (primary N) is 1. The zero-order chi connectivity index (χ0) is 6.48. The molecule has 2 N–H and O–H groups in total. The van der Waals surface area contributed by atoms with Crippen LogP contribution >= 0.6 is 0 Å². The predicted octanol–water partition coefficient (Wildman–Crippen LogP) is 0.639. The van der Waals surface area contributed by atoms with Crippen LogP contribution in [0.2, 0.25) is 0 Å². The minimum Gasteiger partial charge on any atom is -0.496 e. The standard InChI is InChI=1S/C7H11NO/c1-7-2-5(7)6(3-8)9-4-7/h2-4,8H2,1H3. The van der Waals surface area contributed by atoms with Crippen LogP contribution < -0.4 is 5.73 Å². The van der Waals surface area contributed by atoms with Crippen molar-refractivity contribution in [1.29, 1.82) is 0 Å². The minimum atomic E-state index is 0.411. The smallest absolute Gasteiger partial charge is 0.109 e. The first-order chi connectivity index (χ1) is 4.26. The lowest BCUT2D eigenvalue weighted by atomic mass is 10.2. The van der Waals surface area contributed by atoms with E-state index in [0.717, 1.165) is 12.4 Å². The third kappa shape index (κ3) is 0.540. The largest absolute Gasteiger partial charge is 0.496 e. The predicted molar refractivity (Wildman–Crippen MR) is 34.8 cm³/mol. The van der Waals surface area contributed by atoms with Gasteiger partial charge in [0.2, 0.25) is 0 Å². The molecule has 2 rings (SSSR count). The van der Waals surface area contributed by atoms with Crippen LogP contribution in [-0.2, 0) is 4.74 Å². The van der Waals surface area contributed by atoms with Crippen molar-refractivity contribution < 1.29 is 4.74 Å². The second kappa shape index (κ2) is 1.32. The van der Waals surface area contributed by atoms with Crippen molar-refractivity contribution in [2.45, 2.75) is 13.3 Å². The van der Waals surface area contributed by atoms with E-state index in [1.54, 1.807) is 0 Å². The lowest BCUT2D eigenvalue weighted by Gasteiger charge is -2.03. The van der Waals surface area contributed by atoms with Gasteiger partial charge in [0, 0.05) is 5.41 Å². The van der Waals surface area contributed by atoms with E-state index in [0.29, 0.717) is 12.0 Å². The summed E-state index contributed by atoms with van der Waals surface area (Å²) >= 11 is 0. The molecule has 2 nitrogen and oxygen atoms in total. The van der Waals surface area contributed by atoms with E-state index in [4.69, 9.17) is 10.5 Å². The zero-order valence-electron chi connectivity index (χ0n) is 5.61. The summed E-state index contributed by atoms with van der Waals surface area (Å²) in [6, 6.07) is 0. The Balaban J connectivity index is 2.27. The highest BCUT2D eigenvalue weighted by Gasteiger charge is 2.51. The quantitative estimate of drug-likeness (QED) is 0.558. The SMILES string of the molecule is CC12COC(CN)=C1C2. The molecule has 2 aliphatic rings. The van der Waals surface area contributed by atoms with Gasteiger partial charge < -0.3 is 10.5 Å². The Kier molecular flexibility index (Phi) is 0.776. The lowest BCUT2D eigenvalue weighted by Crippen LogP contribution is -2.05. The van der Waals surface area contributed by atoms with Gasteiger partial charge in [-0.2, -0.15) is 0 Å². The van der Waals surface area contributed by atoms with Gasteiger partial charge >= 0.3 is 0 Å². The molecule has 1 unspecified atom stereocenters. The summed E-state index contributed by atoms with van der Waals surface area (Å²) in [6.45, 7) is 3.69. The van der Waals surface area contributed by atoms with Crippen LogP contribution in [0.4, 0.5) is 0 Å². The van der Waals surface area contributed by atoms with Crippen LogP contribution in [-0.4, -0.2) is 13.2 Å². The number of rotatable bonds is 1. The average Bonchev–Trinajstić information content (AvgIpc) is 2.39. The van der Waals surface area contributed by atoms with Gasteiger partial charge in [-0.25, -0.2) is 0 Å². The van der Waals surface area contributed by atoms with Crippen molar-refractivity contribution in [1.82, 2.24) is 0 Å². The van der Waals surface area contributed by atoms with Crippen molar-refractivity contribution in [3.05, 3.63) is 11.3 Å². The lowest BCUT2D eigenvalue weighted by molar-refractivity contribution is 0.190. The maximum atomic E-state index is 5.43. The van der Waals surface area contributed by atoms with Crippen molar-refractivity contribution in [3.63, 3.8) is 0 Å². The minimum absolute atomic E-state index is 0.411. The van der Waals surface area contributed by atoms with Gasteiger partial charge in [0.15, 0.2) is 0 Å². The Labute approximate surface area is 54.7 Å². The van der Waals surface area contributed by atoms with E-state index in [1.807, 2.05) is 0 Å². The molecule has 1 aliphatic heterocycles. The van der Waals surface area contributed by atoms with Crippen molar-refractivity contribution in [3.8, 4) is 0 Å². The Morgan fingerprint density at radius 2 is 2.56 bits per heavy atom. The molecule has 1 saturated carbocycles. The zero-order valence-corrected chi connectivity index (χ0v) is 5.61. The summed E-state index contributed by atoms with van der Waals surface area (Å²) < 4.78 is 5.32. The van der Waals surface area contributed by atoms with E-state index < -0.39 is 0 Å². The van der Waals surface area contributed by atoms with E-state index >= 15 is 0 Å². The molecule has 0 aromatic heterocycles. The molecule has 50 valence electrons. The summed E-state index contributed by atoms with van der Waals surface area (Å²) in [6.07, 6.45) is 1.22. The summed E-state index contributed by atoms with van der Waals surface area (Å²) in [5.74, 6) is 1.05. The molecule has 2 heteroatoms. The molecule has 0 amide bonds. The van der Waals surface area contributed by atoms with Crippen molar-refractivity contribution in [2.24, 2.45) is 11.1 Å². The molecule has 1 atom stereocenters. The van der Waals surface area contributed by atoms with Gasteiger partial charge in [-0.3, -0.25) is 0 Å². The normalized spacial score (nSPS) is 38.4. The van der Waals surface area contributed by atoms with Crippen LogP contribution in [0.15, 0.2) is 11.3 Å². The van der Waals surface area contributed by atoms with Crippen molar-refractivity contribution in [2.75, 3.05) is 13.2 Å². The number of hydrogen-bond donors (Lipinski definition) is 1. The fourth-order valence-electron chi connectivity index (χ4n) is 1.43. The summed E-state index contributed by atoms with van der Waals surface area (Å²) in [5.41, 5.74) is 7.30. The molecule has 0 aromatic carbocycles. The second-order valence-corrected chi connectivity index (χ2v) is 3.13. The third-order valence-electron chi connectivity index (χ3n) is 2.26. The number of ether oxygens (including phenoxy) is 1. The topological polar surface area (TPSA) is 35.2 Å². The van der Waals surface area contributed by atoms with E-state index in [2.05, 4.69) is 6.92 Å². The fourth-order valence-corrected chi connectivity index (χ4v) is 1.43. The highest BCUT2D eigenvalue weighted by atomic mass is 16.5. The van der Waals surface area contributed by atoms with Crippen LogP contribution in [0.3, 0.4) is 0 Å². The Morgan fingerprint density at radius 3 is 2.78 bits per heavy atom. The van der Waals surface area contributed by atoms with Crippen LogP contribution in [0.25, 0.3) is 0 Å². The summed E-state index contributed by atoms with van der Waals surface area (Å²) in [4.78, 5) is 0. The first kappa shape index (κ1) is 5.30. The molecule has 0 bridgehead atoms. The first-order valence-electron chi connectivity index (χ1n) is 3.32. The van der Waals surface area contributed by atoms with Gasteiger partial charge in [-0.05, 0) is 12.0 Å². The fraction of sp³-hybridized carbons (Fsp3) is 0.714. The maximum Gasteiger partial charge on any atom is 0.109 e. The molecule has 0 aromatic rings. The first-order valence-corrected chi connectivity index (χ1v) is 3.32. The van der Waals surface area contributed by atoms with Crippen LogP contribution in [0.1, 0.15) is 13.3 Å². The van der Waals surface area contributed by atoms with Crippen LogP contribution in [0, 0.1) is 5.41 Å². The molecule has 1 aliphatic carbocycles. The van der Waals surface area contributed by atoms with E-state index in [-0.39, 0.29) is 0 Å². The molecular weight excluding hydrogens is 114 g/mol. The monoisotopic (exact) mass is 125 g/mol. The van der Waals surface area contributed by atoms with Gasteiger partial charge in [0.05, 0.1) is 13.2 Å². The number of hydrogen-bond acceptors (Lipinski definition) is 2. The molecule has 9 heavy (non-hydrogen) atoms. The Bertz CT molecular complexity index is 185. The molecule has 1 heterocycles. The third-order valence-corrected chi connectivity index (χ3v) is 2.26. The molecule has 0 saturated heterocycles. The Morgan fingerprint density at radius 1 is 1.78 bits per heavy atom. The van der Waals surface area contributed by atoms with Crippen molar-refractivity contribution >= 4 is 0 Å². The van der Waals surface area contributed by atoms with E-state index in [9.17, 15) is 0 Å². The second-order valence-electron chi connectivity index (χ2n) is 3.13. The van der Waals surface area contributed by atoms with Crippen LogP contribution in [0.5, 0.6) is 0 Å². The number of fused-ring (bicyclic) bond motifs is 1. The molecule has 1 fully saturated rings. The van der Waals surface area contributed by atoms with Gasteiger partial charge in [0.1, 0.15) is 5.76 Å². The summed E-state index contributed by atoms with van der Waals surface area (Å²) in [5, 5.41) is 0. The van der Waals surface area contributed by atoms with Gasteiger partial charge in [0.25, 0.3) is 0 Å². The average molecular weight is 125 g/mol. The maximum absolute atomic E-state index is 5.43. The Hall–Kier alpha value is -0.500. The molecule has 0 spiro atoms. The molecular formula is C7H11NO. The highest BCUT2D eigenvalue weighted by Crippen LogP contribution is 2.57. The molecule has 0 radical (unpaired) electrons. The summed E-state index contributed by atoms with van der Waals surface area (Å²) in [7, 11) is 0. The van der Waals surface area contributed by atoms with Gasteiger partial charge in [-0.15, -0.1) is 0 Å². The highest BCUT2D eigenvalue weighted by molar-refractivity contribution is 5.38. The van der Waals surface area contributed by atoms with E-state index in [1.165, 1.54) is 12.0 Å².